The number of nitrogens with two attached hydrogens (primary N) is 4. The average molecular weight is 577 g/mol. The molecule has 0 saturated heterocycles. The maximum absolute atomic E-state index is 13.6. The van der Waals surface area contributed by atoms with E-state index in [1.54, 1.807) is 12.1 Å². The highest BCUT2D eigenvalue weighted by Crippen LogP contribution is 2.27. The quantitative estimate of drug-likeness (QED) is 0.0611. The molecule has 4 amide bonds. The number of aliphatic imine (C=N–C) groups is 1. The van der Waals surface area contributed by atoms with Gasteiger partial charge in [-0.25, -0.2) is 0 Å². The third-order valence-corrected chi connectivity index (χ3v) is 7.08. The predicted molar refractivity (Wildman–Crippen MR) is 153 cm³/mol. The molecule has 1 aliphatic carbocycles. The molecule has 1 aliphatic rings. The van der Waals surface area contributed by atoms with Crippen LogP contribution < -0.4 is 38.9 Å². The van der Waals surface area contributed by atoms with E-state index in [-0.39, 0.29) is 30.5 Å². The molecule has 1 fully saturated rings. The molecule has 0 radical (unpaired) electrons. The number of aliphatic hydroxyl groups is 1. The Labute approximate surface area is 239 Å². The van der Waals surface area contributed by atoms with Crippen molar-refractivity contribution < 1.29 is 29.4 Å². The highest BCUT2D eigenvalue weighted by Gasteiger charge is 2.32. The fraction of sp³-hybridized carbons (Fsp3) is 0.593. The summed E-state index contributed by atoms with van der Waals surface area (Å²) in [4.78, 5) is 55.1. The first-order chi connectivity index (χ1) is 19.5. The number of aliphatic hydroxyl groups excluding tert-OH is 1. The molecular weight excluding hydrogens is 532 g/mol. The zero-order valence-corrected chi connectivity index (χ0v) is 23.3. The number of nitrogens with zero attached hydrogens (tertiary/aromatic N) is 1. The van der Waals surface area contributed by atoms with Crippen LogP contribution in [0.5, 0.6) is 5.75 Å². The second-order valence-corrected chi connectivity index (χ2v) is 10.4. The lowest BCUT2D eigenvalue weighted by Crippen LogP contribution is -2.58. The van der Waals surface area contributed by atoms with Crippen molar-refractivity contribution in [2.24, 2.45) is 33.8 Å². The van der Waals surface area contributed by atoms with Crippen LogP contribution in [0.15, 0.2) is 29.3 Å². The summed E-state index contributed by atoms with van der Waals surface area (Å²) < 4.78 is 0. The molecule has 0 bridgehead atoms. The van der Waals surface area contributed by atoms with Crippen LogP contribution in [-0.4, -0.2) is 77.1 Å². The second kappa shape index (κ2) is 17.0. The van der Waals surface area contributed by atoms with E-state index < -0.39 is 54.4 Å². The van der Waals surface area contributed by atoms with E-state index in [0.717, 1.165) is 32.1 Å². The molecule has 4 atom stereocenters. The number of nitrogens with one attached hydrogen (secondary N) is 3. The summed E-state index contributed by atoms with van der Waals surface area (Å²) in [5.41, 5.74) is 22.6. The molecule has 14 nitrogen and oxygen atoms in total. The largest absolute Gasteiger partial charge is 0.508 e. The van der Waals surface area contributed by atoms with Gasteiger partial charge in [0.15, 0.2) is 5.96 Å². The SMILES string of the molecule is NC(=O)[C@H](CO)NC(=O)[C@H](CC1CCCCC1)NC(=O)[C@H](Cc1ccc(O)cc1)NC(=O)[C@@H](N)CCCN=C(N)N. The number of guanidine groups is 1. The smallest absolute Gasteiger partial charge is 0.243 e. The molecule has 228 valence electrons. The highest BCUT2D eigenvalue weighted by molar-refractivity contribution is 5.94. The fourth-order valence-corrected chi connectivity index (χ4v) is 4.75. The van der Waals surface area contributed by atoms with Gasteiger partial charge in [-0.1, -0.05) is 44.2 Å². The second-order valence-electron chi connectivity index (χ2n) is 10.4. The Bertz CT molecular complexity index is 1040. The average Bonchev–Trinajstić information content (AvgIpc) is 2.94. The lowest BCUT2D eigenvalue weighted by atomic mass is 9.84. The van der Waals surface area contributed by atoms with Gasteiger partial charge in [0.1, 0.15) is 23.9 Å². The number of carbonyl (C=O) groups excluding carboxylic acids is 4. The van der Waals surface area contributed by atoms with Crippen molar-refractivity contribution in [1.29, 1.82) is 0 Å². The van der Waals surface area contributed by atoms with Crippen LogP contribution in [0, 0.1) is 5.92 Å². The Morgan fingerprint density at radius 1 is 0.878 bits per heavy atom. The van der Waals surface area contributed by atoms with Gasteiger partial charge in [0, 0.05) is 13.0 Å². The molecule has 41 heavy (non-hydrogen) atoms. The Morgan fingerprint density at radius 2 is 1.46 bits per heavy atom. The maximum Gasteiger partial charge on any atom is 0.243 e. The summed E-state index contributed by atoms with van der Waals surface area (Å²) in [5, 5.41) is 26.9. The number of phenolic OH excluding ortho intramolecular Hbond substituents is 1. The predicted octanol–water partition coefficient (Wildman–Crippen LogP) is -1.78. The minimum Gasteiger partial charge on any atom is -0.508 e. The third kappa shape index (κ3) is 12.0. The lowest BCUT2D eigenvalue weighted by Gasteiger charge is -2.29. The van der Waals surface area contributed by atoms with Gasteiger partial charge in [0.25, 0.3) is 0 Å². The van der Waals surface area contributed by atoms with E-state index in [1.165, 1.54) is 12.1 Å². The molecule has 2 rings (SSSR count). The van der Waals surface area contributed by atoms with Crippen LogP contribution in [0.2, 0.25) is 0 Å². The van der Waals surface area contributed by atoms with Gasteiger partial charge in [0.2, 0.25) is 23.6 Å². The van der Waals surface area contributed by atoms with Gasteiger partial charge < -0.3 is 49.1 Å². The lowest BCUT2D eigenvalue weighted by molar-refractivity contribution is -0.134. The van der Waals surface area contributed by atoms with Gasteiger partial charge >= 0.3 is 0 Å². The van der Waals surface area contributed by atoms with Crippen molar-refractivity contribution >= 4 is 29.6 Å². The van der Waals surface area contributed by atoms with Gasteiger partial charge in [0.05, 0.1) is 12.6 Å². The molecule has 1 aromatic rings. The first-order valence-corrected chi connectivity index (χ1v) is 13.9. The molecular formula is C27H44N8O6. The van der Waals surface area contributed by atoms with Crippen LogP contribution in [-0.2, 0) is 25.6 Å². The number of amides is 4. The van der Waals surface area contributed by atoms with Crippen LogP contribution in [0.25, 0.3) is 0 Å². The van der Waals surface area contributed by atoms with Crippen LogP contribution >= 0.6 is 0 Å². The Morgan fingerprint density at radius 3 is 2.05 bits per heavy atom. The molecule has 0 aliphatic heterocycles. The number of carbonyl (C=O) groups is 4. The molecule has 0 aromatic heterocycles. The normalized spacial score (nSPS) is 16.4. The van der Waals surface area contributed by atoms with Crippen LogP contribution in [0.3, 0.4) is 0 Å². The zero-order valence-electron chi connectivity index (χ0n) is 23.3. The monoisotopic (exact) mass is 576 g/mol. The number of rotatable bonds is 16. The molecule has 0 heterocycles. The van der Waals surface area contributed by atoms with E-state index in [1.807, 2.05) is 0 Å². The van der Waals surface area contributed by atoms with Crippen molar-refractivity contribution in [2.75, 3.05) is 13.2 Å². The number of hydrogen-bond acceptors (Lipinski definition) is 8. The summed E-state index contributed by atoms with van der Waals surface area (Å²) in [6, 6.07) is 1.75. The van der Waals surface area contributed by atoms with E-state index in [9.17, 15) is 29.4 Å². The van der Waals surface area contributed by atoms with Crippen LogP contribution in [0.4, 0.5) is 0 Å². The van der Waals surface area contributed by atoms with E-state index in [0.29, 0.717) is 24.9 Å². The summed E-state index contributed by atoms with van der Waals surface area (Å²) in [6.07, 6.45) is 5.97. The highest BCUT2D eigenvalue weighted by atomic mass is 16.3. The number of benzene rings is 1. The van der Waals surface area contributed by atoms with Crippen molar-refractivity contribution in [3.8, 4) is 5.75 Å². The Balaban J connectivity index is 2.21. The van der Waals surface area contributed by atoms with E-state index in [4.69, 9.17) is 22.9 Å². The number of hydrogen-bond donors (Lipinski definition) is 9. The number of aromatic hydroxyl groups is 1. The molecule has 0 unspecified atom stereocenters. The minimum absolute atomic E-state index is 0.0405. The molecule has 0 spiro atoms. The zero-order chi connectivity index (χ0) is 30.4. The third-order valence-electron chi connectivity index (χ3n) is 7.08. The summed E-state index contributed by atoms with van der Waals surface area (Å²) >= 11 is 0. The first kappa shape index (κ1) is 33.3. The molecule has 1 aromatic carbocycles. The van der Waals surface area contributed by atoms with E-state index in [2.05, 4.69) is 20.9 Å². The van der Waals surface area contributed by atoms with Gasteiger partial charge in [-0.2, -0.15) is 0 Å². The Kier molecular flexibility index (Phi) is 13.8. The number of phenols is 1. The molecule has 14 heteroatoms. The summed E-state index contributed by atoms with van der Waals surface area (Å²) in [7, 11) is 0. The van der Waals surface area contributed by atoms with Gasteiger partial charge in [-0.05, 0) is 42.9 Å². The number of primary amides is 1. The summed E-state index contributed by atoms with van der Waals surface area (Å²) in [6.45, 7) is -0.398. The summed E-state index contributed by atoms with van der Waals surface area (Å²) in [5.74, 6) is -2.63. The van der Waals surface area contributed by atoms with Crippen molar-refractivity contribution in [1.82, 2.24) is 16.0 Å². The standard InChI is InChI=1S/C27H44N8O6/c28-19(7-4-12-32-27(30)31)24(39)33-20(14-17-8-10-18(37)11-9-17)25(40)34-21(13-16-5-2-1-3-6-16)26(41)35-22(15-36)23(29)38/h8-11,16,19-22,36-37H,1-7,12-15,28H2,(H2,29,38)(H,33,39)(H,34,40)(H,35,41)(H4,30,31,32)/t19-,20-,21-,22-/m0/s1. The fourth-order valence-electron chi connectivity index (χ4n) is 4.75. The van der Waals surface area contributed by atoms with Crippen molar-refractivity contribution in [3.05, 3.63) is 29.8 Å². The van der Waals surface area contributed by atoms with E-state index >= 15 is 0 Å². The van der Waals surface area contributed by atoms with Crippen molar-refractivity contribution in [2.45, 2.75) is 82.0 Å². The van der Waals surface area contributed by atoms with Gasteiger partial charge in [-0.3, -0.25) is 24.2 Å². The van der Waals surface area contributed by atoms with Crippen LogP contribution in [0.1, 0.15) is 56.9 Å². The molecule has 1 saturated carbocycles. The minimum atomic E-state index is -1.31. The maximum atomic E-state index is 13.6. The topological polar surface area (TPSA) is 261 Å². The first-order valence-electron chi connectivity index (χ1n) is 13.9. The Hall–Kier alpha value is -3.91. The van der Waals surface area contributed by atoms with Crippen molar-refractivity contribution in [3.63, 3.8) is 0 Å². The van der Waals surface area contributed by atoms with Gasteiger partial charge in [-0.15, -0.1) is 0 Å². The molecule has 13 N–H and O–H groups in total.